The van der Waals surface area contributed by atoms with E-state index in [1.807, 2.05) is 45.9 Å². The molecule has 1 aliphatic rings. The number of nitrogens with one attached hydrogen (secondary N) is 1. The van der Waals surface area contributed by atoms with Gasteiger partial charge in [0, 0.05) is 24.3 Å². The number of benzene rings is 1. The molecule has 1 saturated heterocycles. The van der Waals surface area contributed by atoms with Gasteiger partial charge in [0.1, 0.15) is 5.69 Å². The minimum absolute atomic E-state index is 0.346. The molecular formula is C26H29N7O3. The van der Waals surface area contributed by atoms with Crippen LogP contribution in [0.1, 0.15) is 42.3 Å². The van der Waals surface area contributed by atoms with Crippen molar-refractivity contribution in [2.75, 3.05) is 43.1 Å². The van der Waals surface area contributed by atoms with Crippen LogP contribution in [0, 0.1) is 18.3 Å². The number of carbonyl (C=O) groups is 1. The summed E-state index contributed by atoms with van der Waals surface area (Å²) in [5.41, 5.74) is 3.93. The first-order valence-electron chi connectivity index (χ1n) is 11.8. The van der Waals surface area contributed by atoms with Crippen LogP contribution in [-0.2, 0) is 10.2 Å². The Hall–Kier alpha value is -4.10. The summed E-state index contributed by atoms with van der Waals surface area (Å²) in [5, 5.41) is 29.1. The Morgan fingerprint density at radius 2 is 2.00 bits per heavy atom. The lowest BCUT2D eigenvalue weighted by Crippen LogP contribution is -2.36. The Kier molecular flexibility index (Phi) is 7.41. The van der Waals surface area contributed by atoms with Gasteiger partial charge in [0.05, 0.1) is 55.0 Å². The molecule has 0 saturated carbocycles. The summed E-state index contributed by atoms with van der Waals surface area (Å²) in [6.45, 7) is 10.7. The van der Waals surface area contributed by atoms with E-state index < -0.39 is 5.41 Å². The van der Waals surface area contributed by atoms with Gasteiger partial charge in [-0.05, 0) is 57.0 Å². The molecule has 0 unspecified atom stereocenters. The number of aryl methyl sites for hydroxylation is 1. The molecule has 10 heteroatoms. The lowest BCUT2D eigenvalue weighted by Gasteiger charge is -2.29. The number of carbonyl (C=O) groups excluding carboxylic acids is 1. The van der Waals surface area contributed by atoms with Gasteiger partial charge in [-0.3, -0.25) is 4.79 Å². The molecule has 1 fully saturated rings. The van der Waals surface area contributed by atoms with Crippen molar-refractivity contribution in [3.05, 3.63) is 53.3 Å². The zero-order valence-electron chi connectivity index (χ0n) is 20.9. The summed E-state index contributed by atoms with van der Waals surface area (Å²) in [6.07, 6.45) is 2.85. The molecule has 3 aromatic rings. The predicted octanol–water partition coefficient (Wildman–Crippen LogP) is 3.53. The van der Waals surface area contributed by atoms with Crippen LogP contribution in [0.5, 0.6) is 5.88 Å². The highest BCUT2D eigenvalue weighted by Gasteiger charge is 2.27. The molecule has 3 heterocycles. The van der Waals surface area contributed by atoms with E-state index in [9.17, 15) is 10.1 Å². The van der Waals surface area contributed by atoms with Gasteiger partial charge in [0.15, 0.2) is 0 Å². The number of rotatable bonds is 7. The van der Waals surface area contributed by atoms with E-state index in [0.717, 1.165) is 29.9 Å². The molecule has 1 aromatic carbocycles. The second kappa shape index (κ2) is 10.7. The molecule has 2 aromatic heterocycles. The van der Waals surface area contributed by atoms with E-state index in [2.05, 4.69) is 36.7 Å². The van der Waals surface area contributed by atoms with Crippen LogP contribution < -0.4 is 15.0 Å². The van der Waals surface area contributed by atoms with Gasteiger partial charge in [-0.15, -0.1) is 10.2 Å². The number of aromatic nitrogens is 4. The average Bonchev–Trinajstić information content (AvgIpc) is 2.91. The van der Waals surface area contributed by atoms with Crippen molar-refractivity contribution in [2.24, 2.45) is 0 Å². The Bertz CT molecular complexity index is 1280. The number of nitriles is 1. The first-order valence-corrected chi connectivity index (χ1v) is 11.8. The van der Waals surface area contributed by atoms with Crippen LogP contribution in [0.3, 0.4) is 0 Å². The molecule has 4 rings (SSSR count). The largest absolute Gasteiger partial charge is 0.475 e. The highest BCUT2D eigenvalue weighted by molar-refractivity contribution is 6.05. The van der Waals surface area contributed by atoms with E-state index in [1.165, 1.54) is 12.4 Å². The summed E-state index contributed by atoms with van der Waals surface area (Å²) in [5.74, 6) is 0.128. The topological polar surface area (TPSA) is 126 Å². The fraction of sp³-hybridized carbons (Fsp3) is 0.385. The first kappa shape index (κ1) is 25.0. The fourth-order valence-corrected chi connectivity index (χ4v) is 4.06. The molecule has 0 radical (unpaired) electrons. The predicted molar refractivity (Wildman–Crippen MR) is 135 cm³/mol. The molecule has 186 valence electrons. The molecule has 1 N–H and O–H groups in total. The average molecular weight is 488 g/mol. The quantitative estimate of drug-likeness (QED) is 0.532. The van der Waals surface area contributed by atoms with Gasteiger partial charge in [-0.1, -0.05) is 6.07 Å². The van der Waals surface area contributed by atoms with Crippen molar-refractivity contribution in [2.45, 2.75) is 33.1 Å². The van der Waals surface area contributed by atoms with E-state index in [4.69, 9.17) is 9.47 Å². The minimum Gasteiger partial charge on any atom is -0.475 e. The van der Waals surface area contributed by atoms with Crippen LogP contribution in [0.4, 0.5) is 11.4 Å². The van der Waals surface area contributed by atoms with Gasteiger partial charge < -0.3 is 19.7 Å². The summed E-state index contributed by atoms with van der Waals surface area (Å²) in [6, 6.07) is 9.65. The summed E-state index contributed by atoms with van der Waals surface area (Å²) >= 11 is 0. The lowest BCUT2D eigenvalue weighted by atomic mass is 9.83. The second-order valence-electron chi connectivity index (χ2n) is 8.99. The number of nitrogens with zero attached hydrogens (tertiary/aromatic N) is 6. The Balaban J connectivity index is 1.80. The molecule has 0 bridgehead atoms. The Morgan fingerprint density at radius 3 is 2.67 bits per heavy atom. The number of ether oxygens (including phenoxy) is 2. The molecular weight excluding hydrogens is 458 g/mol. The maximum atomic E-state index is 13.0. The number of anilines is 2. The maximum Gasteiger partial charge on any atom is 0.257 e. The van der Waals surface area contributed by atoms with Crippen LogP contribution in [0.15, 0.2) is 36.7 Å². The Labute approximate surface area is 210 Å². The maximum absolute atomic E-state index is 13.0. The van der Waals surface area contributed by atoms with Gasteiger partial charge >= 0.3 is 0 Å². The zero-order chi connectivity index (χ0) is 25.7. The third kappa shape index (κ3) is 5.26. The summed E-state index contributed by atoms with van der Waals surface area (Å²) in [7, 11) is 0. The van der Waals surface area contributed by atoms with Gasteiger partial charge in [-0.25, -0.2) is 0 Å². The van der Waals surface area contributed by atoms with Gasteiger partial charge in [-0.2, -0.15) is 15.5 Å². The highest BCUT2D eigenvalue weighted by atomic mass is 16.5. The third-order valence-electron chi connectivity index (χ3n) is 6.06. The van der Waals surface area contributed by atoms with Crippen molar-refractivity contribution in [3.8, 4) is 23.2 Å². The fourth-order valence-electron chi connectivity index (χ4n) is 4.06. The summed E-state index contributed by atoms with van der Waals surface area (Å²) < 4.78 is 11.3. The van der Waals surface area contributed by atoms with E-state index >= 15 is 0 Å². The second-order valence-corrected chi connectivity index (χ2v) is 8.99. The van der Waals surface area contributed by atoms with Crippen LogP contribution in [0.25, 0.3) is 11.3 Å². The smallest absolute Gasteiger partial charge is 0.257 e. The van der Waals surface area contributed by atoms with Crippen LogP contribution in [-0.4, -0.2) is 59.2 Å². The standard InChI is InChI=1S/C26H29N7O3/c1-5-36-25-23(33-8-10-35-11-9-33)14-21(31-32-25)19-13-22(20(12-17(19)2)26(3,4)16-27)30-24(34)18-6-7-28-29-15-18/h6-7,12-15H,5,8-11H2,1-4H3,(H,30,34). The van der Waals surface area contributed by atoms with Crippen molar-refractivity contribution in [1.29, 1.82) is 5.26 Å². The van der Waals surface area contributed by atoms with E-state index in [0.29, 0.717) is 48.2 Å². The summed E-state index contributed by atoms with van der Waals surface area (Å²) in [4.78, 5) is 15.1. The van der Waals surface area contributed by atoms with E-state index in [1.54, 1.807) is 6.07 Å². The van der Waals surface area contributed by atoms with Crippen LogP contribution >= 0.6 is 0 Å². The first-order chi connectivity index (χ1) is 17.3. The van der Waals surface area contributed by atoms with Gasteiger partial charge in [0.25, 0.3) is 11.8 Å². The van der Waals surface area contributed by atoms with Crippen LogP contribution in [0.2, 0.25) is 0 Å². The van der Waals surface area contributed by atoms with Crippen molar-refractivity contribution in [1.82, 2.24) is 20.4 Å². The van der Waals surface area contributed by atoms with Crippen molar-refractivity contribution >= 4 is 17.3 Å². The molecule has 36 heavy (non-hydrogen) atoms. The van der Waals surface area contributed by atoms with E-state index in [-0.39, 0.29) is 5.91 Å². The Morgan fingerprint density at radius 1 is 1.22 bits per heavy atom. The monoisotopic (exact) mass is 487 g/mol. The zero-order valence-corrected chi connectivity index (χ0v) is 20.9. The molecule has 0 aliphatic carbocycles. The van der Waals surface area contributed by atoms with Crippen molar-refractivity contribution < 1.29 is 14.3 Å². The lowest BCUT2D eigenvalue weighted by molar-refractivity contribution is 0.102. The number of hydrogen-bond acceptors (Lipinski definition) is 9. The van der Waals surface area contributed by atoms with Crippen molar-refractivity contribution in [3.63, 3.8) is 0 Å². The number of morpholine rings is 1. The molecule has 0 atom stereocenters. The minimum atomic E-state index is -0.841. The molecule has 1 aliphatic heterocycles. The number of amides is 1. The molecule has 1 amide bonds. The SMILES string of the molecule is CCOc1nnc(-c2cc(NC(=O)c3ccnnc3)c(C(C)(C)C#N)cc2C)cc1N1CCOCC1. The third-order valence-corrected chi connectivity index (χ3v) is 6.06. The normalized spacial score (nSPS) is 13.7. The highest BCUT2D eigenvalue weighted by Crippen LogP contribution is 2.37. The molecule has 0 spiro atoms. The number of hydrogen-bond donors (Lipinski definition) is 1. The van der Waals surface area contributed by atoms with Gasteiger partial charge in [0.2, 0.25) is 0 Å². The molecule has 10 nitrogen and oxygen atoms in total.